The summed E-state index contributed by atoms with van der Waals surface area (Å²) in [5, 5.41) is 19.0. The summed E-state index contributed by atoms with van der Waals surface area (Å²) >= 11 is 0. The summed E-state index contributed by atoms with van der Waals surface area (Å²) in [7, 11) is 0. The summed E-state index contributed by atoms with van der Waals surface area (Å²) in [6, 6.07) is 9.31. The summed E-state index contributed by atoms with van der Waals surface area (Å²) in [4.78, 5) is 27.3. The highest BCUT2D eigenvalue weighted by Gasteiger charge is 2.06. The molecule has 0 heterocycles. The Kier molecular flexibility index (Phi) is 4.26. The van der Waals surface area contributed by atoms with Gasteiger partial charge in [-0.15, -0.1) is 0 Å². The third-order valence-electron chi connectivity index (χ3n) is 2.82. The average molecular weight is 282 g/mol. The summed E-state index contributed by atoms with van der Waals surface area (Å²) in [6.07, 6.45) is 3.19. The lowest BCUT2D eigenvalue weighted by atomic mass is 10.0. The number of rotatable bonds is 4. The number of hydrogen-bond acceptors (Lipinski definition) is 6. The molecule has 0 aliphatic carbocycles. The fraction of sp³-hybridized carbons (Fsp3) is 0.0667. The van der Waals surface area contributed by atoms with Crippen molar-refractivity contribution < 1.29 is 19.8 Å². The van der Waals surface area contributed by atoms with Gasteiger partial charge in [-0.2, -0.15) is 9.98 Å². The third kappa shape index (κ3) is 3.42. The van der Waals surface area contributed by atoms with Gasteiger partial charge in [-0.3, -0.25) is 0 Å². The molecule has 2 rings (SSSR count). The Morgan fingerprint density at radius 2 is 1.24 bits per heavy atom. The van der Waals surface area contributed by atoms with E-state index in [1.165, 1.54) is 24.3 Å². The molecule has 0 bridgehead atoms. The minimum absolute atomic E-state index is 0.112. The molecular weight excluding hydrogens is 272 g/mol. The van der Waals surface area contributed by atoms with Crippen molar-refractivity contribution in [1.82, 2.24) is 0 Å². The van der Waals surface area contributed by atoms with Gasteiger partial charge in [0.15, 0.2) is 0 Å². The van der Waals surface area contributed by atoms with Gasteiger partial charge in [0, 0.05) is 0 Å². The van der Waals surface area contributed by atoms with Gasteiger partial charge in [0.2, 0.25) is 12.2 Å². The number of nitrogens with zero attached hydrogens (tertiary/aromatic N) is 2. The van der Waals surface area contributed by atoms with Crippen LogP contribution in [0, 0.1) is 0 Å². The normalized spacial score (nSPS) is 9.52. The fourth-order valence-corrected chi connectivity index (χ4v) is 1.87. The van der Waals surface area contributed by atoms with Gasteiger partial charge in [0.25, 0.3) is 0 Å². The molecule has 2 N–H and O–H groups in total. The van der Waals surface area contributed by atoms with Gasteiger partial charge in [0.1, 0.15) is 22.9 Å². The van der Waals surface area contributed by atoms with E-state index in [0.29, 0.717) is 6.42 Å². The predicted molar refractivity (Wildman–Crippen MR) is 74.6 cm³/mol. The molecule has 0 spiro atoms. The van der Waals surface area contributed by atoms with E-state index in [2.05, 4.69) is 9.98 Å². The second-order valence-electron chi connectivity index (χ2n) is 4.23. The summed E-state index contributed by atoms with van der Waals surface area (Å²) in [5.41, 5.74) is 1.84. The number of isocyanates is 2. The molecule has 2 aromatic carbocycles. The van der Waals surface area contributed by atoms with Crippen LogP contribution in [-0.2, 0) is 16.0 Å². The Hall–Kier alpha value is -3.20. The third-order valence-corrected chi connectivity index (χ3v) is 2.82. The molecule has 0 unspecified atom stereocenters. The predicted octanol–water partition coefficient (Wildman–Crippen LogP) is 2.62. The Morgan fingerprint density at radius 1 is 0.810 bits per heavy atom. The van der Waals surface area contributed by atoms with Crippen molar-refractivity contribution in [3.05, 3.63) is 47.5 Å². The first-order valence-corrected chi connectivity index (χ1v) is 5.93. The molecule has 0 aromatic heterocycles. The number of aliphatic imine (C=N–C) groups is 2. The first kappa shape index (κ1) is 14.2. The van der Waals surface area contributed by atoms with Crippen molar-refractivity contribution in [2.75, 3.05) is 0 Å². The first-order chi connectivity index (χ1) is 10.1. The van der Waals surface area contributed by atoms with E-state index in [9.17, 15) is 19.8 Å². The zero-order valence-electron chi connectivity index (χ0n) is 10.8. The van der Waals surface area contributed by atoms with E-state index in [1.54, 1.807) is 24.3 Å². The van der Waals surface area contributed by atoms with Crippen molar-refractivity contribution >= 4 is 23.5 Å². The van der Waals surface area contributed by atoms with Gasteiger partial charge in [0.05, 0.1) is 0 Å². The molecule has 0 radical (unpaired) electrons. The smallest absolute Gasteiger partial charge is 0.240 e. The lowest BCUT2D eigenvalue weighted by Crippen LogP contribution is -1.88. The number of benzene rings is 2. The molecular formula is C15H10N2O4. The topological polar surface area (TPSA) is 99.3 Å². The highest BCUT2D eigenvalue weighted by atomic mass is 16.3. The molecule has 21 heavy (non-hydrogen) atoms. The van der Waals surface area contributed by atoms with E-state index in [1.807, 2.05) is 0 Å². The lowest BCUT2D eigenvalue weighted by molar-refractivity contribution is 0.476. The van der Waals surface area contributed by atoms with Gasteiger partial charge < -0.3 is 10.2 Å². The monoisotopic (exact) mass is 282 g/mol. The van der Waals surface area contributed by atoms with Crippen LogP contribution in [0.5, 0.6) is 11.5 Å². The lowest BCUT2D eigenvalue weighted by Gasteiger charge is -2.05. The van der Waals surface area contributed by atoms with Crippen LogP contribution in [0.25, 0.3) is 0 Å². The zero-order valence-corrected chi connectivity index (χ0v) is 10.8. The van der Waals surface area contributed by atoms with Crippen LogP contribution in [0.15, 0.2) is 46.4 Å². The molecule has 0 aliphatic heterocycles. The van der Waals surface area contributed by atoms with E-state index in [4.69, 9.17) is 0 Å². The van der Waals surface area contributed by atoms with Gasteiger partial charge in [-0.25, -0.2) is 9.59 Å². The number of carbonyl (C=O) groups excluding carboxylic acids is 2. The van der Waals surface area contributed by atoms with Gasteiger partial charge in [-0.1, -0.05) is 12.1 Å². The molecule has 6 nitrogen and oxygen atoms in total. The van der Waals surface area contributed by atoms with Crippen molar-refractivity contribution in [2.45, 2.75) is 6.42 Å². The van der Waals surface area contributed by atoms with Crippen LogP contribution in [0.1, 0.15) is 11.1 Å². The van der Waals surface area contributed by atoms with Crippen LogP contribution in [0.3, 0.4) is 0 Å². The highest BCUT2D eigenvalue weighted by Crippen LogP contribution is 2.30. The maximum Gasteiger partial charge on any atom is 0.240 e. The van der Waals surface area contributed by atoms with Crippen LogP contribution in [-0.4, -0.2) is 22.4 Å². The Balaban J connectivity index is 2.34. The molecule has 0 aliphatic rings. The molecule has 2 aromatic rings. The number of phenolic OH excluding ortho intramolecular Hbond substituents is 2. The number of aromatic hydroxyl groups is 2. The number of hydrogen-bond donors (Lipinski definition) is 2. The largest absolute Gasteiger partial charge is 0.506 e. The number of phenols is 2. The maximum atomic E-state index is 10.3. The molecule has 0 saturated carbocycles. The summed E-state index contributed by atoms with van der Waals surface area (Å²) in [6.45, 7) is 0. The molecule has 0 fully saturated rings. The molecule has 0 saturated heterocycles. The van der Waals surface area contributed by atoms with E-state index in [0.717, 1.165) is 11.1 Å². The van der Waals surface area contributed by atoms with E-state index < -0.39 is 0 Å². The van der Waals surface area contributed by atoms with Crippen molar-refractivity contribution in [1.29, 1.82) is 0 Å². The highest BCUT2D eigenvalue weighted by molar-refractivity contribution is 5.60. The fourth-order valence-electron chi connectivity index (χ4n) is 1.87. The molecule has 0 atom stereocenters. The van der Waals surface area contributed by atoms with Crippen molar-refractivity contribution in [2.24, 2.45) is 9.98 Å². The van der Waals surface area contributed by atoms with Crippen molar-refractivity contribution in [3.8, 4) is 11.5 Å². The van der Waals surface area contributed by atoms with Gasteiger partial charge in [-0.05, 0) is 41.8 Å². The van der Waals surface area contributed by atoms with Gasteiger partial charge >= 0.3 is 0 Å². The van der Waals surface area contributed by atoms with E-state index in [-0.39, 0.29) is 22.9 Å². The SMILES string of the molecule is O=C=Nc1cc(Cc2ccc(O)c(N=C=O)c2)ccc1O. The molecule has 0 amide bonds. The first-order valence-electron chi connectivity index (χ1n) is 5.93. The standard InChI is InChI=1S/C15H10N2O4/c18-8-16-12-6-10(1-3-14(12)20)5-11-2-4-15(21)13(7-11)17-9-19/h1-4,6-7,20-21H,5H2. The second kappa shape index (κ2) is 6.30. The molecule has 104 valence electrons. The second-order valence-corrected chi connectivity index (χ2v) is 4.23. The minimum atomic E-state index is -0.112. The molecule has 6 heteroatoms. The van der Waals surface area contributed by atoms with Crippen LogP contribution >= 0.6 is 0 Å². The Labute approximate surface area is 119 Å². The Bertz CT molecular complexity index is 708. The van der Waals surface area contributed by atoms with E-state index >= 15 is 0 Å². The van der Waals surface area contributed by atoms with Crippen LogP contribution < -0.4 is 0 Å². The minimum Gasteiger partial charge on any atom is -0.506 e. The summed E-state index contributed by atoms with van der Waals surface area (Å²) < 4.78 is 0. The average Bonchev–Trinajstić information content (AvgIpc) is 2.47. The zero-order chi connectivity index (χ0) is 15.2. The maximum absolute atomic E-state index is 10.3. The quantitative estimate of drug-likeness (QED) is 0.665. The Morgan fingerprint density at radius 3 is 1.62 bits per heavy atom. The van der Waals surface area contributed by atoms with Crippen molar-refractivity contribution in [3.63, 3.8) is 0 Å². The van der Waals surface area contributed by atoms with Crippen LogP contribution in [0.4, 0.5) is 11.4 Å². The van der Waals surface area contributed by atoms with Crippen LogP contribution in [0.2, 0.25) is 0 Å². The summed E-state index contributed by atoms with van der Waals surface area (Å²) in [5.74, 6) is -0.224.